The van der Waals surface area contributed by atoms with Crippen molar-refractivity contribution in [2.24, 2.45) is 5.92 Å². The molecule has 0 saturated heterocycles. The topological polar surface area (TPSA) is 86.7 Å². The van der Waals surface area contributed by atoms with Crippen molar-refractivity contribution < 1.29 is 19.5 Å². The van der Waals surface area contributed by atoms with Crippen LogP contribution >= 0.6 is 0 Å². The van der Waals surface area contributed by atoms with E-state index in [1.165, 1.54) is 18.2 Å². The first kappa shape index (κ1) is 19.9. The van der Waals surface area contributed by atoms with Crippen molar-refractivity contribution in [2.45, 2.75) is 58.0 Å². The van der Waals surface area contributed by atoms with E-state index in [0.717, 1.165) is 31.2 Å². The van der Waals surface area contributed by atoms with Gasteiger partial charge in [-0.2, -0.15) is 0 Å². The Labute approximate surface area is 154 Å². The summed E-state index contributed by atoms with van der Waals surface area (Å²) in [5, 5.41) is 12.0. The molecule has 2 rings (SSSR count). The Kier molecular flexibility index (Phi) is 7.63. The molecule has 0 aromatic heterocycles. The molecule has 1 saturated carbocycles. The van der Waals surface area contributed by atoms with Gasteiger partial charge in [0.2, 0.25) is 11.8 Å². The van der Waals surface area contributed by atoms with E-state index in [-0.39, 0.29) is 24.9 Å². The first-order valence-electron chi connectivity index (χ1n) is 9.30. The van der Waals surface area contributed by atoms with Crippen LogP contribution in [0.5, 0.6) is 0 Å². The molecular weight excluding hydrogens is 332 g/mol. The molecule has 0 bridgehead atoms. The highest BCUT2D eigenvalue weighted by atomic mass is 16.4. The summed E-state index contributed by atoms with van der Waals surface area (Å²) in [5.41, 5.74) is 0.850. The fourth-order valence-electron chi connectivity index (χ4n) is 3.36. The third-order valence-corrected chi connectivity index (χ3v) is 4.98. The Morgan fingerprint density at radius 3 is 2.42 bits per heavy atom. The lowest BCUT2D eigenvalue weighted by Gasteiger charge is -2.27. The molecule has 26 heavy (non-hydrogen) atoms. The fraction of sp³-hybridized carbons (Fsp3) is 0.550. The van der Waals surface area contributed by atoms with Gasteiger partial charge in [0.05, 0.1) is 6.54 Å². The van der Waals surface area contributed by atoms with Gasteiger partial charge in [0.25, 0.3) is 0 Å². The number of aliphatic carboxylic acids is 1. The van der Waals surface area contributed by atoms with Crippen LogP contribution in [0, 0.1) is 5.92 Å². The third kappa shape index (κ3) is 6.17. The maximum Gasteiger partial charge on any atom is 0.326 e. The molecule has 6 heteroatoms. The number of carboxylic acid groups (broad SMARTS) is 1. The summed E-state index contributed by atoms with van der Waals surface area (Å²) in [7, 11) is 0. The molecular formula is C20H28N2O4. The predicted octanol–water partition coefficient (Wildman–Crippen LogP) is 2.57. The molecule has 1 aromatic carbocycles. The summed E-state index contributed by atoms with van der Waals surface area (Å²) in [4.78, 5) is 37.3. The molecule has 2 amide bonds. The van der Waals surface area contributed by atoms with Gasteiger partial charge in [0, 0.05) is 13.0 Å². The molecule has 1 fully saturated rings. The number of amides is 2. The smallest absolute Gasteiger partial charge is 0.326 e. The largest absolute Gasteiger partial charge is 0.480 e. The van der Waals surface area contributed by atoms with Crippen molar-refractivity contribution in [3.63, 3.8) is 0 Å². The van der Waals surface area contributed by atoms with E-state index in [1.54, 1.807) is 0 Å². The van der Waals surface area contributed by atoms with Crippen molar-refractivity contribution in [3.8, 4) is 0 Å². The van der Waals surface area contributed by atoms with E-state index in [9.17, 15) is 19.5 Å². The van der Waals surface area contributed by atoms with Gasteiger partial charge in [-0.25, -0.2) is 4.79 Å². The molecule has 0 aliphatic heterocycles. The van der Waals surface area contributed by atoms with Crippen molar-refractivity contribution >= 4 is 17.8 Å². The van der Waals surface area contributed by atoms with Crippen LogP contribution in [0.15, 0.2) is 30.3 Å². The predicted molar refractivity (Wildman–Crippen MR) is 98.3 cm³/mol. The number of carbonyl (C=O) groups is 3. The standard InChI is InChI=1S/C20H28N2O4/c1-15(20(25)26)22(14-17-10-6-3-7-11-17)19(24)13-21-18(23)12-16-8-4-2-5-9-16/h3,6-7,10-11,15-16H,2,4-5,8-9,12-14H2,1H3,(H,21,23)(H,25,26). The zero-order valence-electron chi connectivity index (χ0n) is 15.3. The van der Waals surface area contributed by atoms with Gasteiger partial charge in [0.15, 0.2) is 0 Å². The highest BCUT2D eigenvalue weighted by molar-refractivity contribution is 5.87. The Morgan fingerprint density at radius 1 is 1.15 bits per heavy atom. The van der Waals surface area contributed by atoms with Crippen LogP contribution in [0.4, 0.5) is 0 Å². The number of hydrogen-bond acceptors (Lipinski definition) is 3. The normalized spacial score (nSPS) is 15.9. The minimum absolute atomic E-state index is 0.132. The summed E-state index contributed by atoms with van der Waals surface area (Å²) < 4.78 is 0. The Bertz CT molecular complexity index is 611. The van der Waals surface area contributed by atoms with Crippen molar-refractivity contribution in [2.75, 3.05) is 6.54 Å². The van der Waals surface area contributed by atoms with E-state index in [2.05, 4.69) is 5.32 Å². The average molecular weight is 360 g/mol. The lowest BCUT2D eigenvalue weighted by Crippen LogP contribution is -2.47. The van der Waals surface area contributed by atoms with Gasteiger partial charge in [-0.05, 0) is 31.2 Å². The van der Waals surface area contributed by atoms with E-state index in [4.69, 9.17) is 0 Å². The molecule has 142 valence electrons. The summed E-state index contributed by atoms with van der Waals surface area (Å²) in [6, 6.07) is 8.28. The average Bonchev–Trinajstić information content (AvgIpc) is 2.65. The molecule has 6 nitrogen and oxygen atoms in total. The van der Waals surface area contributed by atoms with Crippen LogP contribution in [0.3, 0.4) is 0 Å². The minimum atomic E-state index is -1.07. The molecule has 2 N–H and O–H groups in total. The highest BCUT2D eigenvalue weighted by Gasteiger charge is 2.26. The van der Waals surface area contributed by atoms with E-state index in [0.29, 0.717) is 12.3 Å². The van der Waals surface area contributed by atoms with Gasteiger partial charge in [-0.3, -0.25) is 9.59 Å². The quantitative estimate of drug-likeness (QED) is 0.746. The third-order valence-electron chi connectivity index (χ3n) is 4.98. The molecule has 0 radical (unpaired) electrons. The number of nitrogens with zero attached hydrogens (tertiary/aromatic N) is 1. The Hall–Kier alpha value is -2.37. The summed E-state index contributed by atoms with van der Waals surface area (Å²) in [6.45, 7) is 1.51. The van der Waals surface area contributed by atoms with Crippen LogP contribution in [-0.4, -0.2) is 40.4 Å². The second-order valence-electron chi connectivity index (χ2n) is 7.01. The minimum Gasteiger partial charge on any atom is -0.480 e. The fourth-order valence-corrected chi connectivity index (χ4v) is 3.36. The van der Waals surface area contributed by atoms with Crippen LogP contribution < -0.4 is 5.32 Å². The molecule has 0 heterocycles. The van der Waals surface area contributed by atoms with Gasteiger partial charge >= 0.3 is 5.97 Å². The number of rotatable bonds is 8. The lowest BCUT2D eigenvalue weighted by atomic mass is 9.87. The van der Waals surface area contributed by atoms with E-state index >= 15 is 0 Å². The zero-order valence-corrected chi connectivity index (χ0v) is 15.3. The van der Waals surface area contributed by atoms with Crippen molar-refractivity contribution in [3.05, 3.63) is 35.9 Å². The number of hydrogen-bond donors (Lipinski definition) is 2. The first-order valence-corrected chi connectivity index (χ1v) is 9.30. The van der Waals surface area contributed by atoms with E-state index in [1.807, 2.05) is 30.3 Å². The molecule has 1 aromatic rings. The lowest BCUT2D eigenvalue weighted by molar-refractivity contribution is -0.149. The van der Waals surface area contributed by atoms with E-state index < -0.39 is 12.0 Å². The second kappa shape index (κ2) is 9.94. The number of carbonyl (C=O) groups excluding carboxylic acids is 2. The molecule has 1 unspecified atom stereocenters. The second-order valence-corrected chi connectivity index (χ2v) is 7.01. The zero-order chi connectivity index (χ0) is 18.9. The molecule has 1 aliphatic carbocycles. The first-order chi connectivity index (χ1) is 12.5. The number of carboxylic acids is 1. The SMILES string of the molecule is CC(C(=O)O)N(Cc1ccccc1)C(=O)CNC(=O)CC1CCCCC1. The van der Waals surface area contributed by atoms with Gasteiger partial charge in [0.1, 0.15) is 6.04 Å². The summed E-state index contributed by atoms with van der Waals surface area (Å²) >= 11 is 0. The monoisotopic (exact) mass is 360 g/mol. The van der Waals surface area contributed by atoms with Crippen LogP contribution in [0.1, 0.15) is 51.0 Å². The van der Waals surface area contributed by atoms with Crippen LogP contribution in [-0.2, 0) is 20.9 Å². The van der Waals surface area contributed by atoms with Gasteiger partial charge < -0.3 is 15.3 Å². The molecule has 1 aliphatic rings. The van der Waals surface area contributed by atoms with Gasteiger partial charge in [-0.1, -0.05) is 49.6 Å². The summed E-state index contributed by atoms with van der Waals surface area (Å²) in [5.74, 6) is -1.19. The maximum atomic E-state index is 12.5. The molecule has 1 atom stereocenters. The van der Waals surface area contributed by atoms with Crippen LogP contribution in [0.2, 0.25) is 0 Å². The van der Waals surface area contributed by atoms with Gasteiger partial charge in [-0.15, -0.1) is 0 Å². The van der Waals surface area contributed by atoms with Crippen molar-refractivity contribution in [1.29, 1.82) is 0 Å². The van der Waals surface area contributed by atoms with Crippen molar-refractivity contribution in [1.82, 2.24) is 10.2 Å². The molecule has 0 spiro atoms. The number of benzene rings is 1. The Balaban J connectivity index is 1.90. The number of nitrogens with one attached hydrogen (secondary N) is 1. The van der Waals surface area contributed by atoms with Crippen LogP contribution in [0.25, 0.3) is 0 Å². The maximum absolute atomic E-state index is 12.5. The highest BCUT2D eigenvalue weighted by Crippen LogP contribution is 2.26. The Morgan fingerprint density at radius 2 is 1.81 bits per heavy atom. The summed E-state index contributed by atoms with van der Waals surface area (Å²) in [6.07, 6.45) is 6.14.